The van der Waals surface area contributed by atoms with Gasteiger partial charge in [0.15, 0.2) is 0 Å². The standard InChI is InChI=1S/C13H15BN2O3/c1-13(4-5-13)16-12(17)9-3-2-8-7-11(14(18)19)15-10(8)6-9/h2-3,6-7,15,18-19H,4-5H2,1H3,(H,16,17). The maximum atomic E-state index is 12.1. The Labute approximate surface area is 110 Å². The number of aromatic nitrogens is 1. The summed E-state index contributed by atoms with van der Waals surface area (Å²) in [6.45, 7) is 2.03. The first-order valence-corrected chi connectivity index (χ1v) is 6.28. The molecule has 1 aliphatic carbocycles. The van der Waals surface area contributed by atoms with Crippen molar-refractivity contribution in [3.63, 3.8) is 0 Å². The van der Waals surface area contributed by atoms with Crippen LogP contribution in [0.15, 0.2) is 24.3 Å². The molecule has 3 rings (SSSR count). The molecule has 0 unspecified atom stereocenters. The molecule has 0 saturated heterocycles. The molecule has 1 saturated carbocycles. The fourth-order valence-corrected chi connectivity index (χ4v) is 2.09. The smallest absolute Gasteiger partial charge is 0.422 e. The first-order valence-electron chi connectivity index (χ1n) is 6.28. The second-order valence-electron chi connectivity index (χ2n) is 5.42. The molecule has 4 N–H and O–H groups in total. The van der Waals surface area contributed by atoms with E-state index in [9.17, 15) is 4.79 Å². The van der Waals surface area contributed by atoms with Gasteiger partial charge in [-0.05, 0) is 43.4 Å². The van der Waals surface area contributed by atoms with Crippen LogP contribution in [0.4, 0.5) is 0 Å². The Kier molecular flexibility index (Phi) is 2.65. The Morgan fingerprint density at radius 2 is 2.11 bits per heavy atom. The van der Waals surface area contributed by atoms with Crippen molar-refractivity contribution >= 4 is 29.5 Å². The molecule has 0 atom stereocenters. The SMILES string of the molecule is CC1(NC(=O)c2ccc3cc(B(O)O)[nH]c3c2)CC1. The number of benzene rings is 1. The third-order valence-electron chi connectivity index (χ3n) is 3.60. The predicted molar refractivity (Wildman–Crippen MR) is 73.2 cm³/mol. The van der Waals surface area contributed by atoms with Crippen LogP contribution < -0.4 is 10.9 Å². The molecule has 6 heteroatoms. The summed E-state index contributed by atoms with van der Waals surface area (Å²) in [7, 11) is -1.53. The van der Waals surface area contributed by atoms with Crippen molar-refractivity contribution in [1.82, 2.24) is 10.3 Å². The first kappa shape index (κ1) is 12.3. The minimum atomic E-state index is -1.53. The molecule has 1 aromatic carbocycles. The highest BCUT2D eigenvalue weighted by molar-refractivity contribution is 6.58. The summed E-state index contributed by atoms with van der Waals surface area (Å²) in [5.41, 5.74) is 1.56. The number of hydrogen-bond donors (Lipinski definition) is 4. The lowest BCUT2D eigenvalue weighted by Gasteiger charge is -2.11. The molecule has 19 heavy (non-hydrogen) atoms. The molecule has 0 spiro atoms. The topological polar surface area (TPSA) is 85.3 Å². The van der Waals surface area contributed by atoms with Crippen LogP contribution in [0, 0.1) is 0 Å². The number of carbonyl (C=O) groups excluding carboxylic acids is 1. The van der Waals surface area contributed by atoms with Gasteiger partial charge in [0.2, 0.25) is 0 Å². The Hall–Kier alpha value is -1.79. The minimum absolute atomic E-state index is 0.0474. The van der Waals surface area contributed by atoms with Gasteiger partial charge in [0, 0.05) is 22.2 Å². The van der Waals surface area contributed by atoms with E-state index in [4.69, 9.17) is 10.0 Å². The zero-order valence-electron chi connectivity index (χ0n) is 10.6. The molecule has 5 nitrogen and oxygen atoms in total. The van der Waals surface area contributed by atoms with E-state index in [1.165, 1.54) is 0 Å². The zero-order valence-corrected chi connectivity index (χ0v) is 10.6. The fraction of sp³-hybridized carbons (Fsp3) is 0.308. The van der Waals surface area contributed by atoms with E-state index in [2.05, 4.69) is 10.3 Å². The number of aromatic amines is 1. The van der Waals surface area contributed by atoms with Crippen molar-refractivity contribution in [3.05, 3.63) is 29.8 Å². The molecule has 98 valence electrons. The highest BCUT2D eigenvalue weighted by atomic mass is 16.4. The van der Waals surface area contributed by atoms with E-state index < -0.39 is 7.12 Å². The van der Waals surface area contributed by atoms with Gasteiger partial charge < -0.3 is 20.3 Å². The fourth-order valence-electron chi connectivity index (χ4n) is 2.09. The maximum absolute atomic E-state index is 12.1. The number of nitrogens with one attached hydrogen (secondary N) is 2. The lowest BCUT2D eigenvalue weighted by atomic mass is 9.86. The molecule has 0 aliphatic heterocycles. The Morgan fingerprint density at radius 3 is 2.74 bits per heavy atom. The van der Waals surface area contributed by atoms with E-state index >= 15 is 0 Å². The highest BCUT2D eigenvalue weighted by Gasteiger charge is 2.38. The summed E-state index contributed by atoms with van der Waals surface area (Å²) in [6.07, 6.45) is 2.04. The summed E-state index contributed by atoms with van der Waals surface area (Å²) < 4.78 is 0. The summed E-state index contributed by atoms with van der Waals surface area (Å²) in [5.74, 6) is -0.0948. The molecule has 1 heterocycles. The van der Waals surface area contributed by atoms with Crippen molar-refractivity contribution in [3.8, 4) is 0 Å². The van der Waals surface area contributed by atoms with E-state index in [0.717, 1.165) is 23.7 Å². The largest absolute Gasteiger partial charge is 0.505 e. The lowest BCUT2D eigenvalue weighted by Crippen LogP contribution is -2.34. The van der Waals surface area contributed by atoms with Gasteiger partial charge in [0.25, 0.3) is 5.91 Å². The summed E-state index contributed by atoms with van der Waals surface area (Å²) >= 11 is 0. The molecule has 0 radical (unpaired) electrons. The average molecular weight is 258 g/mol. The quantitative estimate of drug-likeness (QED) is 0.590. The normalized spacial score (nSPS) is 16.4. The third kappa shape index (κ3) is 2.37. The second kappa shape index (κ2) is 4.11. The van der Waals surface area contributed by atoms with Gasteiger partial charge >= 0.3 is 7.12 Å². The highest BCUT2D eigenvalue weighted by Crippen LogP contribution is 2.34. The second-order valence-corrected chi connectivity index (χ2v) is 5.42. The van der Waals surface area contributed by atoms with Crippen molar-refractivity contribution in [1.29, 1.82) is 0 Å². The Bertz CT molecular complexity index is 646. The van der Waals surface area contributed by atoms with Crippen LogP contribution >= 0.6 is 0 Å². The van der Waals surface area contributed by atoms with Crippen molar-refractivity contribution in [2.24, 2.45) is 0 Å². The number of amides is 1. The lowest BCUT2D eigenvalue weighted by molar-refractivity contribution is 0.0935. The number of fused-ring (bicyclic) bond motifs is 1. The molecule has 2 aromatic rings. The number of H-pyrrole nitrogens is 1. The van der Waals surface area contributed by atoms with Crippen LogP contribution in [0.2, 0.25) is 0 Å². The Morgan fingerprint density at radius 1 is 1.37 bits per heavy atom. The van der Waals surface area contributed by atoms with Gasteiger partial charge in [-0.25, -0.2) is 0 Å². The number of carbonyl (C=O) groups is 1. The van der Waals surface area contributed by atoms with Crippen LogP contribution in [0.3, 0.4) is 0 Å². The third-order valence-corrected chi connectivity index (χ3v) is 3.60. The van der Waals surface area contributed by atoms with E-state index in [1.807, 2.05) is 6.92 Å². The molecular weight excluding hydrogens is 243 g/mol. The van der Waals surface area contributed by atoms with Crippen LogP contribution in [0.25, 0.3) is 10.9 Å². The number of rotatable bonds is 3. The molecule has 1 amide bonds. The van der Waals surface area contributed by atoms with E-state index in [-0.39, 0.29) is 11.4 Å². The van der Waals surface area contributed by atoms with Crippen molar-refractivity contribution < 1.29 is 14.8 Å². The van der Waals surface area contributed by atoms with Crippen molar-refractivity contribution in [2.75, 3.05) is 0 Å². The van der Waals surface area contributed by atoms with Gasteiger partial charge in [0.1, 0.15) is 0 Å². The van der Waals surface area contributed by atoms with Crippen molar-refractivity contribution in [2.45, 2.75) is 25.3 Å². The summed E-state index contributed by atoms with van der Waals surface area (Å²) in [4.78, 5) is 14.9. The van der Waals surface area contributed by atoms with Crippen LogP contribution in [-0.2, 0) is 0 Å². The van der Waals surface area contributed by atoms with Crippen LogP contribution in [0.1, 0.15) is 30.1 Å². The minimum Gasteiger partial charge on any atom is -0.422 e. The van der Waals surface area contributed by atoms with Gasteiger partial charge in [-0.15, -0.1) is 0 Å². The Balaban J connectivity index is 1.90. The molecular formula is C13H15BN2O3. The molecule has 1 fully saturated rings. The monoisotopic (exact) mass is 258 g/mol. The molecule has 1 aromatic heterocycles. The zero-order chi connectivity index (χ0) is 13.6. The summed E-state index contributed by atoms with van der Waals surface area (Å²) in [6, 6.07) is 6.92. The van der Waals surface area contributed by atoms with Gasteiger partial charge in [-0.2, -0.15) is 0 Å². The van der Waals surface area contributed by atoms with Gasteiger partial charge in [-0.3, -0.25) is 4.79 Å². The van der Waals surface area contributed by atoms with E-state index in [1.54, 1.807) is 24.3 Å². The first-order chi connectivity index (χ1) is 8.97. The average Bonchev–Trinajstić information content (AvgIpc) is 2.93. The van der Waals surface area contributed by atoms with Crippen LogP contribution in [-0.4, -0.2) is 33.6 Å². The summed E-state index contributed by atoms with van der Waals surface area (Å²) in [5, 5.41) is 22.1. The van der Waals surface area contributed by atoms with Crippen LogP contribution in [0.5, 0.6) is 0 Å². The van der Waals surface area contributed by atoms with Gasteiger partial charge in [-0.1, -0.05) is 6.07 Å². The van der Waals surface area contributed by atoms with E-state index in [0.29, 0.717) is 11.2 Å². The maximum Gasteiger partial charge on any atom is 0.505 e. The molecule has 1 aliphatic rings. The molecule has 0 bridgehead atoms. The predicted octanol–water partition coefficient (Wildman–Crippen LogP) is 0.130. The van der Waals surface area contributed by atoms with Gasteiger partial charge in [0.05, 0.1) is 0 Å². The number of hydrogen-bond acceptors (Lipinski definition) is 3.